The predicted molar refractivity (Wildman–Crippen MR) is 116 cm³/mol. The first kappa shape index (κ1) is 20.8. The topological polar surface area (TPSA) is 93.4 Å². The van der Waals surface area contributed by atoms with Crippen LogP contribution in [0.1, 0.15) is 30.3 Å². The Bertz CT molecular complexity index is 1200. The van der Waals surface area contributed by atoms with Crippen LogP contribution < -0.4 is 5.32 Å². The van der Waals surface area contributed by atoms with Gasteiger partial charge in [-0.15, -0.1) is 0 Å². The highest BCUT2D eigenvalue weighted by atomic mass is 32.2. The average Bonchev–Trinajstić information content (AvgIpc) is 3.26. The lowest BCUT2D eigenvalue weighted by molar-refractivity contribution is 0.265. The van der Waals surface area contributed by atoms with Crippen LogP contribution in [0, 0.1) is 19.7 Å². The van der Waals surface area contributed by atoms with Gasteiger partial charge in [0.2, 0.25) is 0 Å². The van der Waals surface area contributed by atoms with Crippen molar-refractivity contribution in [3.05, 3.63) is 51.9 Å². The fourth-order valence-corrected chi connectivity index (χ4v) is 6.67. The number of benzene rings is 1. The molecule has 0 radical (unpaired) electrons. The summed E-state index contributed by atoms with van der Waals surface area (Å²) in [5, 5.41) is 7.08. The molecule has 3 heterocycles. The Morgan fingerprint density at radius 1 is 1.30 bits per heavy atom. The van der Waals surface area contributed by atoms with E-state index in [0.29, 0.717) is 22.8 Å². The summed E-state index contributed by atoms with van der Waals surface area (Å²) < 4.78 is 39.0. The van der Waals surface area contributed by atoms with Gasteiger partial charge in [-0.1, -0.05) is 0 Å². The van der Waals surface area contributed by atoms with Crippen LogP contribution in [-0.2, 0) is 15.4 Å². The highest BCUT2D eigenvalue weighted by Gasteiger charge is 2.41. The smallest absolute Gasteiger partial charge is 0.289 e. The second-order valence-electron chi connectivity index (χ2n) is 7.80. The van der Waals surface area contributed by atoms with Gasteiger partial charge in [-0.25, -0.2) is 17.8 Å². The van der Waals surface area contributed by atoms with E-state index in [-0.39, 0.29) is 22.6 Å². The molecule has 2 aromatic rings. The van der Waals surface area contributed by atoms with Crippen LogP contribution in [0.2, 0.25) is 0 Å². The van der Waals surface area contributed by atoms with E-state index in [2.05, 4.69) is 15.4 Å². The molecule has 2 aliphatic heterocycles. The Balaban J connectivity index is 1.73. The fraction of sp³-hybridized carbons (Fsp3) is 0.350. The van der Waals surface area contributed by atoms with Gasteiger partial charge in [0.1, 0.15) is 11.7 Å². The number of carbonyl (C=O) groups is 1. The maximum absolute atomic E-state index is 13.1. The van der Waals surface area contributed by atoms with Crippen molar-refractivity contribution < 1.29 is 17.6 Å². The molecule has 0 bridgehead atoms. The third-order valence-electron chi connectivity index (χ3n) is 5.34. The molecule has 30 heavy (non-hydrogen) atoms. The molecule has 158 valence electrons. The number of nitrogens with zero attached hydrogens (tertiary/aromatic N) is 3. The van der Waals surface area contributed by atoms with Gasteiger partial charge in [-0.3, -0.25) is 9.48 Å². The predicted octanol–water partition coefficient (Wildman–Crippen LogP) is 3.70. The van der Waals surface area contributed by atoms with E-state index in [4.69, 9.17) is 0 Å². The second kappa shape index (κ2) is 7.35. The number of halogens is 1. The van der Waals surface area contributed by atoms with Crippen LogP contribution in [0.5, 0.6) is 0 Å². The van der Waals surface area contributed by atoms with Crippen LogP contribution in [-0.4, -0.2) is 40.8 Å². The van der Waals surface area contributed by atoms with E-state index in [0.717, 1.165) is 28.7 Å². The molecule has 1 atom stereocenters. The van der Waals surface area contributed by atoms with Crippen molar-refractivity contribution in [2.24, 2.45) is 4.99 Å². The summed E-state index contributed by atoms with van der Waals surface area (Å²) in [4.78, 5) is 17.0. The number of aliphatic imine (C=N–C) groups is 1. The van der Waals surface area contributed by atoms with Gasteiger partial charge >= 0.3 is 0 Å². The number of aryl methyl sites for hydroxylation is 1. The third-order valence-corrected chi connectivity index (χ3v) is 8.05. The number of aromatic nitrogens is 2. The zero-order valence-electron chi connectivity index (χ0n) is 16.8. The lowest BCUT2D eigenvalue weighted by Crippen LogP contribution is -2.33. The SMILES string of the molecule is Cc1nn(C2(C)CCS(=O)(=O)C2)c(C)c1C=C1SC(=O)NC1=Nc1ccc(F)cc1. The Hall–Kier alpha value is -2.46. The summed E-state index contributed by atoms with van der Waals surface area (Å²) in [7, 11) is -3.08. The first-order chi connectivity index (χ1) is 14.1. The summed E-state index contributed by atoms with van der Waals surface area (Å²) in [5.41, 5.74) is 2.33. The van der Waals surface area contributed by atoms with E-state index in [1.807, 2.05) is 26.8 Å². The Kier molecular flexibility index (Phi) is 5.09. The van der Waals surface area contributed by atoms with E-state index < -0.39 is 15.4 Å². The van der Waals surface area contributed by atoms with Crippen molar-refractivity contribution in [3.63, 3.8) is 0 Å². The highest BCUT2D eigenvalue weighted by Crippen LogP contribution is 2.35. The number of rotatable bonds is 3. The first-order valence-electron chi connectivity index (χ1n) is 9.39. The number of hydrogen-bond acceptors (Lipinski definition) is 6. The fourth-order valence-electron chi connectivity index (χ4n) is 3.84. The number of amidine groups is 1. The molecule has 1 N–H and O–H groups in total. The minimum absolute atomic E-state index is 0.0596. The second-order valence-corrected chi connectivity index (χ2v) is 11.0. The van der Waals surface area contributed by atoms with Crippen LogP contribution in [0.25, 0.3) is 6.08 Å². The van der Waals surface area contributed by atoms with E-state index >= 15 is 0 Å². The van der Waals surface area contributed by atoms with E-state index in [1.165, 1.54) is 24.3 Å². The van der Waals surface area contributed by atoms with Crippen molar-refractivity contribution in [1.29, 1.82) is 0 Å². The quantitative estimate of drug-likeness (QED) is 0.773. The van der Waals surface area contributed by atoms with Gasteiger partial charge in [0.05, 0.1) is 33.3 Å². The summed E-state index contributed by atoms with van der Waals surface area (Å²) in [5.74, 6) is 0.240. The number of sulfone groups is 1. The maximum Gasteiger partial charge on any atom is 0.289 e. The summed E-state index contributed by atoms with van der Waals surface area (Å²) in [6, 6.07) is 5.68. The molecule has 1 aromatic heterocycles. The Morgan fingerprint density at radius 2 is 2.00 bits per heavy atom. The molecule has 4 rings (SSSR count). The van der Waals surface area contributed by atoms with Crippen LogP contribution >= 0.6 is 11.8 Å². The zero-order valence-corrected chi connectivity index (χ0v) is 18.4. The third kappa shape index (κ3) is 3.93. The highest BCUT2D eigenvalue weighted by molar-refractivity contribution is 8.18. The molecule has 0 saturated carbocycles. The number of thioether (sulfide) groups is 1. The molecule has 7 nitrogen and oxygen atoms in total. The number of amides is 1. The van der Waals surface area contributed by atoms with Gasteiger partial charge in [-0.2, -0.15) is 5.10 Å². The van der Waals surface area contributed by atoms with Gasteiger partial charge < -0.3 is 5.32 Å². The zero-order chi connectivity index (χ0) is 21.7. The number of hydrogen-bond donors (Lipinski definition) is 1. The maximum atomic E-state index is 13.1. The molecule has 0 aliphatic carbocycles. The summed E-state index contributed by atoms with van der Waals surface area (Å²) >= 11 is 1.02. The normalized spacial score (nSPS) is 25.9. The molecule has 1 unspecified atom stereocenters. The van der Waals surface area contributed by atoms with E-state index in [9.17, 15) is 17.6 Å². The molecule has 2 aliphatic rings. The molecular weight excluding hydrogens is 427 g/mol. The number of carbonyl (C=O) groups excluding carboxylic acids is 1. The Labute approximate surface area is 178 Å². The largest absolute Gasteiger partial charge is 0.300 e. The summed E-state index contributed by atoms with van der Waals surface area (Å²) in [6.07, 6.45) is 2.35. The van der Waals surface area contributed by atoms with Crippen LogP contribution in [0.4, 0.5) is 14.9 Å². The molecule has 0 spiro atoms. The van der Waals surface area contributed by atoms with Gasteiger partial charge in [0.25, 0.3) is 5.24 Å². The molecule has 1 aromatic carbocycles. The minimum Gasteiger partial charge on any atom is -0.300 e. The monoisotopic (exact) mass is 448 g/mol. The molecule has 1 amide bonds. The van der Waals surface area contributed by atoms with E-state index in [1.54, 1.807) is 4.68 Å². The average molecular weight is 449 g/mol. The molecule has 10 heteroatoms. The number of nitrogens with one attached hydrogen (secondary N) is 1. The van der Waals surface area contributed by atoms with Gasteiger partial charge in [0, 0.05) is 11.3 Å². The van der Waals surface area contributed by atoms with Crippen molar-refractivity contribution >= 4 is 44.4 Å². The van der Waals surface area contributed by atoms with Crippen LogP contribution in [0.3, 0.4) is 0 Å². The summed E-state index contributed by atoms with van der Waals surface area (Å²) in [6.45, 7) is 5.66. The Morgan fingerprint density at radius 3 is 2.63 bits per heavy atom. The van der Waals surface area contributed by atoms with Crippen molar-refractivity contribution in [3.8, 4) is 0 Å². The molecule has 2 fully saturated rings. The molecular formula is C20H21FN4O3S2. The van der Waals surface area contributed by atoms with Crippen LogP contribution in [0.15, 0.2) is 34.2 Å². The first-order valence-corrected chi connectivity index (χ1v) is 12.0. The molecule has 2 saturated heterocycles. The lowest BCUT2D eigenvalue weighted by atomic mass is 10.0. The minimum atomic E-state index is -3.08. The standard InChI is InChI=1S/C20H21FN4O3S2/c1-12-16(13(2)25(24-12)20(3)8-9-30(27,28)11-20)10-17-18(23-19(26)29-17)22-15-6-4-14(21)5-7-15/h4-7,10H,8-9,11H2,1-3H3,(H,22,23,26). The van der Waals surface area contributed by atoms with Crippen molar-refractivity contribution in [2.45, 2.75) is 32.7 Å². The van der Waals surface area contributed by atoms with Crippen molar-refractivity contribution in [1.82, 2.24) is 15.1 Å². The van der Waals surface area contributed by atoms with Crippen molar-refractivity contribution in [2.75, 3.05) is 11.5 Å². The van der Waals surface area contributed by atoms with Gasteiger partial charge in [-0.05, 0) is 69.3 Å². The lowest BCUT2D eigenvalue weighted by Gasteiger charge is -2.24. The van der Waals surface area contributed by atoms with Gasteiger partial charge in [0.15, 0.2) is 9.84 Å².